The molecule has 0 spiro atoms. The highest BCUT2D eigenvalue weighted by Crippen LogP contribution is 2.16. The van der Waals surface area contributed by atoms with Gasteiger partial charge >= 0.3 is 0 Å². The van der Waals surface area contributed by atoms with Crippen LogP contribution in [0.3, 0.4) is 0 Å². The first kappa shape index (κ1) is 13.4. The zero-order valence-corrected chi connectivity index (χ0v) is 11.3. The average molecular weight is 258 g/mol. The highest BCUT2D eigenvalue weighted by Gasteiger charge is 2.12. The lowest BCUT2D eigenvalue weighted by Crippen LogP contribution is -2.23. The van der Waals surface area contributed by atoms with Crippen molar-refractivity contribution in [1.82, 2.24) is 4.90 Å². The molecule has 100 valence electrons. The van der Waals surface area contributed by atoms with Crippen LogP contribution in [0.1, 0.15) is 29.3 Å². The summed E-state index contributed by atoms with van der Waals surface area (Å²) < 4.78 is 11.0. The Morgan fingerprint density at radius 1 is 1.26 bits per heavy atom. The number of hydrogen-bond acceptors (Lipinski definition) is 4. The van der Waals surface area contributed by atoms with Crippen LogP contribution in [0.15, 0.2) is 33.3 Å². The molecule has 0 aliphatic heterocycles. The fraction of sp³-hybridized carbons (Fsp3) is 0.400. The molecule has 2 heterocycles. The summed E-state index contributed by atoms with van der Waals surface area (Å²) in [6.45, 7) is 6.08. The highest BCUT2D eigenvalue weighted by molar-refractivity contribution is 5.18. The summed E-state index contributed by atoms with van der Waals surface area (Å²) in [5.41, 5.74) is 1.16. The Morgan fingerprint density at radius 2 is 2.05 bits per heavy atom. The molecule has 0 atom stereocenters. The molecule has 0 aromatic carbocycles. The zero-order chi connectivity index (χ0) is 13.7. The van der Waals surface area contributed by atoms with Gasteiger partial charge in [0.25, 0.3) is 0 Å². The number of nitrogens with zero attached hydrogens (tertiary/aromatic N) is 2. The monoisotopic (exact) mass is 258 g/mol. The summed E-state index contributed by atoms with van der Waals surface area (Å²) in [7, 11) is 0. The molecule has 4 nitrogen and oxygen atoms in total. The van der Waals surface area contributed by atoms with Crippen molar-refractivity contribution in [3.63, 3.8) is 0 Å². The minimum atomic E-state index is 0.499. The molecule has 0 aliphatic carbocycles. The van der Waals surface area contributed by atoms with Gasteiger partial charge in [-0.2, -0.15) is 5.26 Å². The molecule has 19 heavy (non-hydrogen) atoms. The molecule has 0 bridgehead atoms. The SMILES string of the molecule is Cc1cc(CN(CCC#N)Cc2ccco2)oc1C. The lowest BCUT2D eigenvalue weighted by Gasteiger charge is -2.18. The minimum Gasteiger partial charge on any atom is -0.468 e. The van der Waals surface area contributed by atoms with Crippen LogP contribution in [-0.2, 0) is 13.1 Å². The van der Waals surface area contributed by atoms with Crippen molar-refractivity contribution in [3.05, 3.63) is 47.3 Å². The maximum Gasteiger partial charge on any atom is 0.118 e. The van der Waals surface area contributed by atoms with E-state index < -0.39 is 0 Å². The van der Waals surface area contributed by atoms with E-state index in [-0.39, 0.29) is 0 Å². The van der Waals surface area contributed by atoms with Crippen LogP contribution in [-0.4, -0.2) is 11.4 Å². The van der Waals surface area contributed by atoms with Gasteiger partial charge in [0.2, 0.25) is 0 Å². The maximum atomic E-state index is 8.73. The van der Waals surface area contributed by atoms with E-state index in [0.29, 0.717) is 26.1 Å². The molecular weight excluding hydrogens is 240 g/mol. The van der Waals surface area contributed by atoms with Crippen molar-refractivity contribution in [2.45, 2.75) is 33.4 Å². The van der Waals surface area contributed by atoms with Gasteiger partial charge in [-0.1, -0.05) is 0 Å². The van der Waals surface area contributed by atoms with Crippen molar-refractivity contribution in [1.29, 1.82) is 5.26 Å². The Balaban J connectivity index is 2.02. The fourth-order valence-corrected chi connectivity index (χ4v) is 1.99. The molecule has 2 rings (SSSR count). The van der Waals surface area contributed by atoms with E-state index in [2.05, 4.69) is 17.0 Å². The van der Waals surface area contributed by atoms with Gasteiger partial charge in [-0.15, -0.1) is 0 Å². The Bertz CT molecular complexity index is 530. The fourth-order valence-electron chi connectivity index (χ4n) is 1.99. The molecule has 2 aromatic rings. The number of nitriles is 1. The van der Waals surface area contributed by atoms with E-state index in [9.17, 15) is 0 Å². The van der Waals surface area contributed by atoms with E-state index >= 15 is 0 Å². The molecule has 0 N–H and O–H groups in total. The largest absolute Gasteiger partial charge is 0.468 e. The third-order valence-electron chi connectivity index (χ3n) is 3.10. The summed E-state index contributed by atoms with van der Waals surface area (Å²) in [4.78, 5) is 2.15. The van der Waals surface area contributed by atoms with Crippen LogP contribution in [0.5, 0.6) is 0 Å². The first-order chi connectivity index (χ1) is 9.19. The van der Waals surface area contributed by atoms with Gasteiger partial charge in [-0.05, 0) is 37.6 Å². The maximum absolute atomic E-state index is 8.73. The van der Waals surface area contributed by atoms with Crippen molar-refractivity contribution in [2.75, 3.05) is 6.54 Å². The van der Waals surface area contributed by atoms with E-state index in [1.165, 1.54) is 0 Å². The Hall–Kier alpha value is -1.99. The molecule has 0 saturated heterocycles. The van der Waals surface area contributed by atoms with Gasteiger partial charge in [0.1, 0.15) is 17.3 Å². The van der Waals surface area contributed by atoms with E-state index in [1.54, 1.807) is 6.26 Å². The Morgan fingerprint density at radius 3 is 2.63 bits per heavy atom. The molecule has 0 aliphatic rings. The number of hydrogen-bond donors (Lipinski definition) is 0. The third kappa shape index (κ3) is 3.73. The van der Waals surface area contributed by atoms with Crippen molar-refractivity contribution < 1.29 is 8.83 Å². The summed E-state index contributed by atoms with van der Waals surface area (Å²) in [6, 6.07) is 8.05. The quantitative estimate of drug-likeness (QED) is 0.796. The Kier molecular flexibility index (Phi) is 4.43. The van der Waals surface area contributed by atoms with Crippen molar-refractivity contribution in [3.8, 4) is 6.07 Å². The van der Waals surface area contributed by atoms with Gasteiger partial charge in [0.15, 0.2) is 0 Å². The molecule has 2 aromatic heterocycles. The lowest BCUT2D eigenvalue weighted by molar-refractivity contribution is 0.221. The normalized spacial score (nSPS) is 10.8. The summed E-state index contributed by atoms with van der Waals surface area (Å²) in [5, 5.41) is 8.73. The van der Waals surface area contributed by atoms with Crippen molar-refractivity contribution in [2.24, 2.45) is 0 Å². The second-order valence-electron chi connectivity index (χ2n) is 4.65. The third-order valence-corrected chi connectivity index (χ3v) is 3.10. The van der Waals surface area contributed by atoms with Crippen LogP contribution < -0.4 is 0 Å². The molecular formula is C15H18N2O2. The number of furan rings is 2. The number of rotatable bonds is 6. The van der Waals surface area contributed by atoms with Gasteiger partial charge in [0.05, 0.1) is 25.4 Å². The van der Waals surface area contributed by atoms with Crippen molar-refractivity contribution >= 4 is 0 Å². The van der Waals surface area contributed by atoms with Crippen LogP contribution >= 0.6 is 0 Å². The van der Waals surface area contributed by atoms with Crippen LogP contribution in [0, 0.1) is 25.2 Å². The molecule has 0 fully saturated rings. The molecule has 0 amide bonds. The zero-order valence-electron chi connectivity index (χ0n) is 11.3. The molecule has 0 radical (unpaired) electrons. The second kappa shape index (κ2) is 6.26. The minimum absolute atomic E-state index is 0.499. The second-order valence-corrected chi connectivity index (χ2v) is 4.65. The van der Waals surface area contributed by atoms with Crippen LogP contribution in [0.25, 0.3) is 0 Å². The molecule has 0 unspecified atom stereocenters. The summed E-state index contributed by atoms with van der Waals surface area (Å²) in [6.07, 6.45) is 2.17. The van der Waals surface area contributed by atoms with Gasteiger partial charge < -0.3 is 8.83 Å². The topological polar surface area (TPSA) is 53.3 Å². The van der Waals surface area contributed by atoms with E-state index in [1.807, 2.05) is 26.0 Å². The Labute approximate surface area is 113 Å². The summed E-state index contributed by atoms with van der Waals surface area (Å²) in [5.74, 6) is 2.78. The average Bonchev–Trinajstić information content (AvgIpc) is 2.98. The van der Waals surface area contributed by atoms with Gasteiger partial charge in [0, 0.05) is 13.0 Å². The van der Waals surface area contributed by atoms with E-state index in [4.69, 9.17) is 14.1 Å². The lowest BCUT2D eigenvalue weighted by atomic mass is 10.2. The number of aryl methyl sites for hydroxylation is 2. The van der Waals surface area contributed by atoms with Gasteiger partial charge in [-0.25, -0.2) is 0 Å². The smallest absolute Gasteiger partial charge is 0.118 e. The predicted octanol–water partition coefficient (Wildman–Crippen LogP) is 3.41. The van der Waals surface area contributed by atoms with E-state index in [0.717, 1.165) is 22.8 Å². The van der Waals surface area contributed by atoms with Crippen LogP contribution in [0.4, 0.5) is 0 Å². The standard InChI is InChI=1S/C15H18N2O2/c1-12-9-15(19-13(12)2)11-17(7-4-6-16)10-14-5-3-8-18-14/h3,5,8-9H,4,7,10-11H2,1-2H3. The molecule has 4 heteroatoms. The highest BCUT2D eigenvalue weighted by atomic mass is 16.3. The summed E-state index contributed by atoms with van der Waals surface area (Å²) >= 11 is 0. The van der Waals surface area contributed by atoms with Gasteiger partial charge in [-0.3, -0.25) is 4.90 Å². The van der Waals surface area contributed by atoms with Crippen LogP contribution in [0.2, 0.25) is 0 Å². The molecule has 0 saturated carbocycles. The first-order valence-electron chi connectivity index (χ1n) is 6.36. The first-order valence-corrected chi connectivity index (χ1v) is 6.36. The predicted molar refractivity (Wildman–Crippen MR) is 71.2 cm³/mol.